The molecule has 0 saturated carbocycles. The third-order valence-electron chi connectivity index (χ3n) is 4.32. The zero-order valence-corrected chi connectivity index (χ0v) is 15.6. The topological polar surface area (TPSA) is 61.4 Å². The van der Waals surface area contributed by atoms with Crippen LogP contribution in [0.1, 0.15) is 25.8 Å². The number of carbonyl (C=O) groups excluding carboxylic acids is 2. The van der Waals surface area contributed by atoms with Crippen LogP contribution in [0.15, 0.2) is 42.5 Å². The van der Waals surface area contributed by atoms with Crippen LogP contribution in [0.2, 0.25) is 5.02 Å². The van der Waals surface area contributed by atoms with Crippen molar-refractivity contribution in [3.8, 4) is 0 Å². The minimum atomic E-state index is -0.343. The number of halogens is 1. The average molecular weight is 372 g/mol. The Bertz CT molecular complexity index is 818. The van der Waals surface area contributed by atoms with Crippen molar-refractivity contribution in [2.24, 2.45) is 5.92 Å². The van der Waals surface area contributed by atoms with Gasteiger partial charge in [-0.3, -0.25) is 4.79 Å². The first-order valence-electron chi connectivity index (χ1n) is 8.72. The molecule has 5 nitrogen and oxygen atoms in total. The van der Waals surface area contributed by atoms with Crippen LogP contribution in [0.4, 0.5) is 21.9 Å². The lowest BCUT2D eigenvalue weighted by Crippen LogP contribution is -2.38. The SMILES string of the molecule is CC(C)C(=O)N1CCCc2ccc(NC(=O)Nc3ccc(Cl)cc3)cc21. The van der Waals surface area contributed by atoms with Gasteiger partial charge in [0.25, 0.3) is 0 Å². The number of nitrogens with one attached hydrogen (secondary N) is 2. The summed E-state index contributed by atoms with van der Waals surface area (Å²) in [7, 11) is 0. The highest BCUT2D eigenvalue weighted by Gasteiger charge is 2.24. The van der Waals surface area contributed by atoms with Gasteiger partial charge in [-0.2, -0.15) is 0 Å². The lowest BCUT2D eigenvalue weighted by molar-refractivity contribution is -0.121. The third-order valence-corrected chi connectivity index (χ3v) is 4.58. The van der Waals surface area contributed by atoms with Crippen LogP contribution in [0.5, 0.6) is 0 Å². The number of fused-ring (bicyclic) bond motifs is 1. The van der Waals surface area contributed by atoms with Gasteiger partial charge >= 0.3 is 6.03 Å². The van der Waals surface area contributed by atoms with Crippen molar-refractivity contribution in [2.45, 2.75) is 26.7 Å². The molecule has 1 aliphatic heterocycles. The van der Waals surface area contributed by atoms with E-state index in [4.69, 9.17) is 11.6 Å². The standard InChI is InChI=1S/C20H22ClN3O2/c1-13(2)19(25)24-11-3-4-14-5-8-17(12-18(14)24)23-20(26)22-16-9-6-15(21)7-10-16/h5-10,12-13H,3-4,11H2,1-2H3,(H2,22,23,26). The molecule has 0 saturated heterocycles. The minimum absolute atomic E-state index is 0.0641. The van der Waals surface area contributed by atoms with Crippen LogP contribution in [0, 0.1) is 5.92 Å². The maximum Gasteiger partial charge on any atom is 0.323 e. The fourth-order valence-corrected chi connectivity index (χ4v) is 3.15. The number of nitrogens with zero attached hydrogens (tertiary/aromatic N) is 1. The van der Waals surface area contributed by atoms with Crippen molar-refractivity contribution in [1.82, 2.24) is 0 Å². The predicted molar refractivity (Wildman–Crippen MR) is 106 cm³/mol. The molecule has 0 aliphatic carbocycles. The molecule has 0 radical (unpaired) electrons. The quantitative estimate of drug-likeness (QED) is 0.804. The van der Waals surface area contributed by atoms with Gasteiger partial charge in [0.05, 0.1) is 0 Å². The second-order valence-corrected chi connectivity index (χ2v) is 7.11. The van der Waals surface area contributed by atoms with Gasteiger partial charge in [0.1, 0.15) is 0 Å². The third kappa shape index (κ3) is 4.17. The van der Waals surface area contributed by atoms with Gasteiger partial charge in [0.2, 0.25) is 5.91 Å². The van der Waals surface area contributed by atoms with Gasteiger partial charge in [-0.15, -0.1) is 0 Å². The Morgan fingerprint density at radius 2 is 1.69 bits per heavy atom. The molecule has 0 unspecified atom stereocenters. The van der Waals surface area contributed by atoms with E-state index in [2.05, 4.69) is 10.6 Å². The molecule has 26 heavy (non-hydrogen) atoms. The Morgan fingerprint density at radius 3 is 2.38 bits per heavy atom. The summed E-state index contributed by atoms with van der Waals surface area (Å²) in [5, 5.41) is 6.20. The van der Waals surface area contributed by atoms with Crippen LogP contribution in [-0.2, 0) is 11.2 Å². The van der Waals surface area contributed by atoms with Crippen molar-refractivity contribution in [3.63, 3.8) is 0 Å². The molecule has 1 aliphatic rings. The van der Waals surface area contributed by atoms with E-state index in [0.717, 1.165) is 24.1 Å². The molecule has 0 bridgehead atoms. The first kappa shape index (κ1) is 18.3. The Labute approximate surface area is 158 Å². The second kappa shape index (κ2) is 7.79. The molecular formula is C20H22ClN3O2. The summed E-state index contributed by atoms with van der Waals surface area (Å²) < 4.78 is 0. The zero-order chi connectivity index (χ0) is 18.7. The molecule has 0 atom stereocenters. The highest BCUT2D eigenvalue weighted by molar-refractivity contribution is 6.30. The summed E-state index contributed by atoms with van der Waals surface area (Å²) in [6, 6.07) is 12.3. The Hall–Kier alpha value is -2.53. The molecule has 0 aromatic heterocycles. The zero-order valence-electron chi connectivity index (χ0n) is 14.9. The Balaban J connectivity index is 1.75. The van der Waals surface area contributed by atoms with Gasteiger partial charge in [-0.05, 0) is 54.8 Å². The average Bonchev–Trinajstić information content (AvgIpc) is 2.62. The molecule has 2 N–H and O–H groups in total. The van der Waals surface area contributed by atoms with Gasteiger partial charge in [-0.25, -0.2) is 4.79 Å². The summed E-state index contributed by atoms with van der Waals surface area (Å²) in [4.78, 5) is 26.5. The van der Waals surface area contributed by atoms with E-state index in [9.17, 15) is 9.59 Å². The Morgan fingerprint density at radius 1 is 1.04 bits per heavy atom. The molecule has 0 fully saturated rings. The minimum Gasteiger partial charge on any atom is -0.312 e. The summed E-state index contributed by atoms with van der Waals surface area (Å²) in [5.41, 5.74) is 3.33. The molecule has 2 aromatic rings. The van der Waals surface area contributed by atoms with Crippen molar-refractivity contribution in [1.29, 1.82) is 0 Å². The highest BCUT2D eigenvalue weighted by atomic mass is 35.5. The van der Waals surface area contributed by atoms with Crippen molar-refractivity contribution < 1.29 is 9.59 Å². The van der Waals surface area contributed by atoms with E-state index in [-0.39, 0.29) is 17.9 Å². The molecule has 2 aromatic carbocycles. The number of rotatable bonds is 3. The summed E-state index contributed by atoms with van der Waals surface area (Å²) >= 11 is 5.85. The van der Waals surface area contributed by atoms with Crippen molar-refractivity contribution in [2.75, 3.05) is 22.1 Å². The molecule has 1 heterocycles. The predicted octanol–water partition coefficient (Wildman–Crippen LogP) is 4.92. The molecular weight excluding hydrogens is 350 g/mol. The van der Waals surface area contributed by atoms with E-state index in [0.29, 0.717) is 22.9 Å². The first-order chi connectivity index (χ1) is 12.4. The van der Waals surface area contributed by atoms with E-state index in [1.54, 1.807) is 24.3 Å². The van der Waals surface area contributed by atoms with Gasteiger partial charge in [0, 0.05) is 34.5 Å². The van der Waals surface area contributed by atoms with Crippen molar-refractivity contribution in [3.05, 3.63) is 53.1 Å². The highest BCUT2D eigenvalue weighted by Crippen LogP contribution is 2.31. The van der Waals surface area contributed by atoms with Crippen LogP contribution in [0.3, 0.4) is 0 Å². The van der Waals surface area contributed by atoms with Crippen molar-refractivity contribution >= 4 is 40.6 Å². The lowest BCUT2D eigenvalue weighted by atomic mass is 9.99. The monoisotopic (exact) mass is 371 g/mol. The molecule has 136 valence electrons. The largest absolute Gasteiger partial charge is 0.323 e. The number of amides is 3. The summed E-state index contributed by atoms with van der Waals surface area (Å²) in [5.74, 6) is 0.0412. The van der Waals surface area contributed by atoms with E-state index < -0.39 is 0 Å². The number of anilines is 3. The molecule has 3 rings (SSSR count). The number of carbonyl (C=O) groups is 2. The van der Waals surface area contributed by atoms with Gasteiger partial charge in [-0.1, -0.05) is 31.5 Å². The maximum atomic E-state index is 12.5. The van der Waals surface area contributed by atoms with Crippen LogP contribution in [0.25, 0.3) is 0 Å². The van der Waals surface area contributed by atoms with Crippen LogP contribution in [-0.4, -0.2) is 18.5 Å². The van der Waals surface area contributed by atoms with Gasteiger partial charge in [0.15, 0.2) is 0 Å². The number of benzene rings is 2. The number of hydrogen-bond donors (Lipinski definition) is 2. The molecule has 0 spiro atoms. The smallest absolute Gasteiger partial charge is 0.312 e. The van der Waals surface area contributed by atoms with E-state index >= 15 is 0 Å². The number of aryl methyl sites for hydroxylation is 1. The normalized spacial score (nSPS) is 13.3. The fraction of sp³-hybridized carbons (Fsp3) is 0.300. The lowest BCUT2D eigenvalue weighted by Gasteiger charge is -2.31. The molecule has 6 heteroatoms. The van der Waals surface area contributed by atoms with Crippen LogP contribution >= 0.6 is 11.6 Å². The fourth-order valence-electron chi connectivity index (χ4n) is 3.02. The van der Waals surface area contributed by atoms with Gasteiger partial charge < -0.3 is 15.5 Å². The van der Waals surface area contributed by atoms with Crippen LogP contribution < -0.4 is 15.5 Å². The Kier molecular flexibility index (Phi) is 5.47. The first-order valence-corrected chi connectivity index (χ1v) is 9.09. The second-order valence-electron chi connectivity index (χ2n) is 6.68. The number of urea groups is 1. The maximum absolute atomic E-state index is 12.5. The summed E-state index contributed by atoms with van der Waals surface area (Å²) in [6.07, 6.45) is 1.89. The number of hydrogen-bond acceptors (Lipinski definition) is 2. The van der Waals surface area contributed by atoms with E-state index in [1.807, 2.05) is 36.9 Å². The van der Waals surface area contributed by atoms with E-state index in [1.165, 1.54) is 0 Å². The summed E-state index contributed by atoms with van der Waals surface area (Å²) in [6.45, 7) is 4.51. The molecule has 3 amide bonds.